The van der Waals surface area contributed by atoms with E-state index in [0.717, 1.165) is 51.4 Å². The average Bonchev–Trinajstić information content (AvgIpc) is 3.48. The number of likely N-dealkylation sites (N-methyl/N-ethyl adjacent to an activating group) is 1. The van der Waals surface area contributed by atoms with Gasteiger partial charge in [-0.2, -0.15) is 0 Å². The number of carbonyl (C=O) groups is 7. The molecule has 304 valence electrons. The minimum atomic E-state index is -1.16. The van der Waals surface area contributed by atoms with Crippen LogP contribution in [0.2, 0.25) is 0 Å². The number of fused-ring (bicyclic) bond motifs is 1. The molecule has 0 spiro atoms. The third-order valence-electron chi connectivity index (χ3n) is 11.3. The zero-order valence-corrected chi connectivity index (χ0v) is 34.2. The van der Waals surface area contributed by atoms with Crippen LogP contribution in [-0.4, -0.2) is 102 Å². The molecule has 1 aromatic rings. The topological polar surface area (TPSA) is 183 Å². The predicted octanol–water partition coefficient (Wildman–Crippen LogP) is 3.70. The maximum atomic E-state index is 14.6. The highest BCUT2D eigenvalue weighted by atomic mass is 32.1. The van der Waals surface area contributed by atoms with E-state index in [1.54, 1.807) is 57.3 Å². The lowest BCUT2D eigenvalue weighted by atomic mass is 9.83. The highest BCUT2D eigenvalue weighted by molar-refractivity contribution is 7.10. The van der Waals surface area contributed by atoms with Crippen LogP contribution in [0.1, 0.15) is 110 Å². The third-order valence-corrected chi connectivity index (χ3v) is 12.3. The smallest absolute Gasteiger partial charge is 0.408 e. The second-order valence-corrected chi connectivity index (χ2v) is 19.0. The van der Waals surface area contributed by atoms with E-state index in [9.17, 15) is 33.6 Å². The number of nitrogens with zero attached hydrogens (tertiary/aromatic N) is 2. The van der Waals surface area contributed by atoms with Crippen molar-refractivity contribution in [2.45, 2.75) is 129 Å². The standard InChI is InChI=1S/C40H60N6O8S/c1-39(2,3)54-38(53)44-30(24-12-9-8-10-13-24)37(52)46-22-25-19-40(4,5)20-26(25)32(46)34(49)42-27(18-23-15-16-23)33(48)35(50)41-21-29(47)43-31(36(51)45(6)7)28-14-11-17-55-28/h11,14,17,23-27,30-32H,8-10,12-13,15-16,18-22H2,1-7H3,(H,41,50)(H,42,49)(H,43,47)(H,44,53)/t25?,26?,27?,30-,31-,32?/m0/s1. The number of likely N-dealkylation sites (tertiary alicyclic amines) is 1. The van der Waals surface area contributed by atoms with Crippen molar-refractivity contribution < 1.29 is 38.3 Å². The van der Waals surface area contributed by atoms with Gasteiger partial charge in [-0.1, -0.05) is 52.0 Å². The van der Waals surface area contributed by atoms with Gasteiger partial charge in [0.15, 0.2) is 0 Å². The van der Waals surface area contributed by atoms with Gasteiger partial charge in [-0.25, -0.2) is 4.79 Å². The number of ketones is 1. The summed E-state index contributed by atoms with van der Waals surface area (Å²) >= 11 is 1.31. The van der Waals surface area contributed by atoms with Crippen LogP contribution in [0, 0.1) is 29.1 Å². The van der Waals surface area contributed by atoms with E-state index in [-0.39, 0.29) is 47.3 Å². The van der Waals surface area contributed by atoms with Gasteiger partial charge in [0.2, 0.25) is 29.4 Å². The quantitative estimate of drug-likeness (QED) is 0.206. The molecule has 4 N–H and O–H groups in total. The van der Waals surface area contributed by atoms with Crippen LogP contribution < -0.4 is 21.3 Å². The Morgan fingerprint density at radius 1 is 0.964 bits per heavy atom. The molecule has 3 aliphatic carbocycles. The molecule has 6 amide bonds. The fourth-order valence-electron chi connectivity index (χ4n) is 8.70. The molecule has 6 atom stereocenters. The van der Waals surface area contributed by atoms with Gasteiger partial charge in [0.1, 0.15) is 23.7 Å². The summed E-state index contributed by atoms with van der Waals surface area (Å²) < 4.78 is 5.57. The van der Waals surface area contributed by atoms with Crippen LogP contribution in [0.3, 0.4) is 0 Å². The highest BCUT2D eigenvalue weighted by Gasteiger charge is 2.55. The number of thiophene rings is 1. The van der Waals surface area contributed by atoms with E-state index in [2.05, 4.69) is 35.1 Å². The zero-order chi connectivity index (χ0) is 40.2. The molecule has 55 heavy (non-hydrogen) atoms. The van der Waals surface area contributed by atoms with E-state index >= 15 is 0 Å². The molecular formula is C40H60N6O8S. The number of Topliss-reactive ketones (excluding diaryl/α,β-unsaturated/α-hetero) is 1. The van der Waals surface area contributed by atoms with Crippen molar-refractivity contribution in [3.63, 3.8) is 0 Å². The first-order chi connectivity index (χ1) is 25.8. The Labute approximate surface area is 328 Å². The first-order valence-corrected chi connectivity index (χ1v) is 20.7. The summed E-state index contributed by atoms with van der Waals surface area (Å²) in [5.41, 5.74) is -0.816. The highest BCUT2D eigenvalue weighted by Crippen LogP contribution is 2.51. The molecule has 5 rings (SSSR count). The lowest BCUT2D eigenvalue weighted by Crippen LogP contribution is -2.59. The third kappa shape index (κ3) is 11.1. The minimum absolute atomic E-state index is 0.0517. The van der Waals surface area contributed by atoms with E-state index < -0.39 is 65.9 Å². The Bertz CT molecular complexity index is 1600. The first kappa shape index (κ1) is 42.1. The number of alkyl carbamates (subject to hydrolysis) is 1. The zero-order valence-electron chi connectivity index (χ0n) is 33.4. The number of hydrogen-bond acceptors (Lipinski definition) is 9. The molecule has 15 heteroatoms. The fraction of sp³-hybridized carbons (Fsp3) is 0.725. The lowest BCUT2D eigenvalue weighted by Gasteiger charge is -2.36. The van der Waals surface area contributed by atoms with Gasteiger partial charge in [0, 0.05) is 25.5 Å². The molecule has 1 aliphatic heterocycles. The van der Waals surface area contributed by atoms with Crippen molar-refractivity contribution in [3.05, 3.63) is 22.4 Å². The normalized spacial score (nSPS) is 23.8. The molecule has 14 nitrogen and oxygen atoms in total. The van der Waals surface area contributed by atoms with E-state index in [0.29, 0.717) is 17.8 Å². The minimum Gasteiger partial charge on any atom is -0.444 e. The van der Waals surface area contributed by atoms with Crippen LogP contribution in [0.25, 0.3) is 0 Å². The van der Waals surface area contributed by atoms with Crippen molar-refractivity contribution in [2.75, 3.05) is 27.2 Å². The summed E-state index contributed by atoms with van der Waals surface area (Å²) in [6, 6.07) is -0.372. The fourth-order valence-corrected chi connectivity index (χ4v) is 9.47. The van der Waals surface area contributed by atoms with Gasteiger partial charge in [0.05, 0.1) is 12.6 Å². The maximum Gasteiger partial charge on any atom is 0.408 e. The van der Waals surface area contributed by atoms with Gasteiger partial charge in [-0.05, 0) is 93.4 Å². The Kier molecular flexibility index (Phi) is 13.3. The first-order valence-electron chi connectivity index (χ1n) is 19.8. The molecule has 1 aromatic heterocycles. The van der Waals surface area contributed by atoms with Gasteiger partial charge in [-0.3, -0.25) is 28.8 Å². The van der Waals surface area contributed by atoms with E-state index in [1.165, 1.54) is 16.2 Å². The largest absolute Gasteiger partial charge is 0.444 e. The van der Waals surface area contributed by atoms with Crippen molar-refractivity contribution in [2.24, 2.45) is 29.1 Å². The van der Waals surface area contributed by atoms with Gasteiger partial charge < -0.3 is 35.8 Å². The second-order valence-electron chi connectivity index (χ2n) is 18.0. The molecule has 3 saturated carbocycles. The van der Waals surface area contributed by atoms with Gasteiger partial charge in [0.25, 0.3) is 5.91 Å². The summed E-state index contributed by atoms with van der Waals surface area (Å²) in [5.74, 6) is -3.78. The van der Waals surface area contributed by atoms with Crippen LogP contribution in [-0.2, 0) is 33.5 Å². The molecule has 0 bridgehead atoms. The van der Waals surface area contributed by atoms with Crippen LogP contribution in [0.5, 0.6) is 0 Å². The monoisotopic (exact) mass is 784 g/mol. The van der Waals surface area contributed by atoms with Gasteiger partial charge in [-0.15, -0.1) is 11.3 Å². The van der Waals surface area contributed by atoms with Crippen LogP contribution >= 0.6 is 11.3 Å². The van der Waals surface area contributed by atoms with E-state index in [4.69, 9.17) is 4.74 Å². The number of amides is 6. The Morgan fingerprint density at radius 2 is 1.65 bits per heavy atom. The summed E-state index contributed by atoms with van der Waals surface area (Å²) in [6.45, 7) is 9.40. The molecule has 4 aliphatic rings. The lowest BCUT2D eigenvalue weighted by molar-refractivity contribution is -0.144. The van der Waals surface area contributed by atoms with Crippen molar-refractivity contribution in [1.82, 2.24) is 31.1 Å². The Hall–Kier alpha value is -4.01. The molecule has 0 radical (unpaired) electrons. The number of hydrogen-bond donors (Lipinski definition) is 4. The molecule has 4 fully saturated rings. The Morgan fingerprint density at radius 3 is 2.25 bits per heavy atom. The van der Waals surface area contributed by atoms with Crippen molar-refractivity contribution >= 4 is 52.7 Å². The summed E-state index contributed by atoms with van der Waals surface area (Å²) in [7, 11) is 3.16. The maximum absolute atomic E-state index is 14.6. The summed E-state index contributed by atoms with van der Waals surface area (Å²) in [6.07, 6.45) is 7.28. The number of carbonyl (C=O) groups excluding carboxylic acids is 7. The number of rotatable bonds is 14. The molecule has 1 saturated heterocycles. The summed E-state index contributed by atoms with van der Waals surface area (Å²) in [5, 5.41) is 12.6. The molecule has 2 heterocycles. The average molecular weight is 785 g/mol. The molecular weight excluding hydrogens is 725 g/mol. The number of nitrogens with one attached hydrogen (secondary N) is 4. The predicted molar refractivity (Wildman–Crippen MR) is 206 cm³/mol. The molecule has 0 aromatic carbocycles. The van der Waals surface area contributed by atoms with Gasteiger partial charge >= 0.3 is 6.09 Å². The molecule has 4 unspecified atom stereocenters. The number of ether oxygens (including phenoxy) is 1. The van der Waals surface area contributed by atoms with E-state index in [1.807, 2.05) is 0 Å². The van der Waals surface area contributed by atoms with Crippen molar-refractivity contribution in [3.8, 4) is 0 Å². The van der Waals surface area contributed by atoms with Crippen molar-refractivity contribution in [1.29, 1.82) is 0 Å². The second kappa shape index (κ2) is 17.4. The summed E-state index contributed by atoms with van der Waals surface area (Å²) in [4.78, 5) is 98.5. The Balaban J connectivity index is 1.31. The SMILES string of the molecule is CN(C)C(=O)[C@@H](NC(=O)CNC(=O)C(=O)C(CC1CC1)NC(=O)C1C2CC(C)(C)CC2CN1C(=O)[C@@H](NC(=O)OC(C)(C)C)C1CCCCC1)c1cccs1. The van der Waals surface area contributed by atoms with Crippen LogP contribution in [0.15, 0.2) is 17.5 Å². The van der Waals surface area contributed by atoms with Crippen LogP contribution in [0.4, 0.5) is 4.79 Å².